The van der Waals surface area contributed by atoms with E-state index < -0.39 is 0 Å². The summed E-state index contributed by atoms with van der Waals surface area (Å²) in [4.78, 5) is 2.34. The number of ether oxygens (including phenoxy) is 1. The lowest BCUT2D eigenvalue weighted by Gasteiger charge is -2.40. The average Bonchev–Trinajstić information content (AvgIpc) is 2.05. The summed E-state index contributed by atoms with van der Waals surface area (Å²) in [6.45, 7) is 12.7. The number of nitrogens with zero attached hydrogens (tertiary/aromatic N) is 1. The summed E-state index contributed by atoms with van der Waals surface area (Å²) >= 11 is 0. The zero-order chi connectivity index (χ0) is 9.61. The second-order valence-electron chi connectivity index (χ2n) is 3.63. The molecule has 74 valence electrons. The van der Waals surface area contributed by atoms with Gasteiger partial charge in [0.25, 0.3) is 0 Å². The van der Waals surface area contributed by atoms with Crippen LogP contribution in [0, 0.1) is 5.41 Å². The smallest absolute Gasteiger partial charge is 0.0554 e. The number of hydrogen-bond acceptors (Lipinski definition) is 2. The monoisotopic (exact) mass is 173 g/mol. The van der Waals surface area contributed by atoms with Crippen molar-refractivity contribution in [3.63, 3.8) is 0 Å². The third-order valence-corrected chi connectivity index (χ3v) is 2.09. The van der Waals surface area contributed by atoms with E-state index in [1.54, 1.807) is 0 Å². The highest BCUT2D eigenvalue weighted by molar-refractivity contribution is 4.82. The van der Waals surface area contributed by atoms with Crippen molar-refractivity contribution in [1.82, 2.24) is 4.90 Å². The largest absolute Gasteiger partial charge is 0.380 e. The van der Waals surface area contributed by atoms with Crippen LogP contribution in [0.3, 0.4) is 0 Å². The molecule has 0 radical (unpaired) electrons. The summed E-state index contributed by atoms with van der Waals surface area (Å²) in [6.07, 6.45) is 0. The fourth-order valence-electron chi connectivity index (χ4n) is 1.31. The van der Waals surface area contributed by atoms with Gasteiger partial charge in [0.2, 0.25) is 0 Å². The van der Waals surface area contributed by atoms with Crippen molar-refractivity contribution in [3.8, 4) is 0 Å². The van der Waals surface area contributed by atoms with Gasteiger partial charge < -0.3 is 9.64 Å². The molecule has 1 aliphatic rings. The van der Waals surface area contributed by atoms with E-state index in [9.17, 15) is 0 Å². The summed E-state index contributed by atoms with van der Waals surface area (Å²) in [7, 11) is 2.16. The normalized spacial score (nSPS) is 19.5. The molecule has 0 aromatic carbocycles. The van der Waals surface area contributed by atoms with Crippen LogP contribution in [0.15, 0.2) is 0 Å². The molecule has 1 heterocycles. The summed E-state index contributed by atoms with van der Waals surface area (Å²) in [5.41, 5.74) is 0.449. The van der Waals surface area contributed by atoms with Gasteiger partial charge in [-0.25, -0.2) is 0 Å². The number of hydrogen-bond donors (Lipinski definition) is 0. The van der Waals surface area contributed by atoms with Crippen molar-refractivity contribution in [1.29, 1.82) is 0 Å². The van der Waals surface area contributed by atoms with Crippen LogP contribution in [0.5, 0.6) is 0 Å². The van der Waals surface area contributed by atoms with Crippen molar-refractivity contribution in [2.24, 2.45) is 5.41 Å². The second kappa shape index (κ2) is 5.55. The molecule has 0 saturated carbocycles. The van der Waals surface area contributed by atoms with E-state index in [1.807, 2.05) is 13.8 Å². The first kappa shape index (κ1) is 11.9. The molecule has 1 rings (SSSR count). The topological polar surface area (TPSA) is 12.5 Å². The first-order valence-electron chi connectivity index (χ1n) is 4.92. The second-order valence-corrected chi connectivity index (χ2v) is 3.63. The Hall–Kier alpha value is -0.0800. The Balaban J connectivity index is 0.000000561. The van der Waals surface area contributed by atoms with Gasteiger partial charge in [-0.15, -0.1) is 0 Å². The van der Waals surface area contributed by atoms with Crippen LogP contribution in [-0.2, 0) is 4.74 Å². The van der Waals surface area contributed by atoms with E-state index in [2.05, 4.69) is 25.8 Å². The summed E-state index contributed by atoms with van der Waals surface area (Å²) in [5.74, 6) is 0. The predicted molar refractivity (Wildman–Crippen MR) is 53.4 cm³/mol. The van der Waals surface area contributed by atoms with Crippen LogP contribution in [0.25, 0.3) is 0 Å². The van der Waals surface area contributed by atoms with E-state index in [-0.39, 0.29) is 0 Å². The highest BCUT2D eigenvalue weighted by Gasteiger charge is 2.33. The maximum Gasteiger partial charge on any atom is 0.0554 e. The third kappa shape index (κ3) is 3.55. The van der Waals surface area contributed by atoms with Gasteiger partial charge in [-0.05, 0) is 13.6 Å². The fourth-order valence-corrected chi connectivity index (χ4v) is 1.31. The Morgan fingerprint density at radius 1 is 1.33 bits per heavy atom. The third-order valence-electron chi connectivity index (χ3n) is 2.09. The van der Waals surface area contributed by atoms with Crippen LogP contribution < -0.4 is 0 Å². The number of rotatable bonds is 3. The Morgan fingerprint density at radius 2 is 1.83 bits per heavy atom. The molecule has 2 heteroatoms. The Kier molecular flexibility index (Phi) is 5.51. The van der Waals surface area contributed by atoms with Crippen molar-refractivity contribution >= 4 is 0 Å². The zero-order valence-corrected chi connectivity index (χ0v) is 9.18. The minimum absolute atomic E-state index is 0.449. The molecule has 0 N–H and O–H groups in total. The van der Waals surface area contributed by atoms with E-state index in [0.717, 1.165) is 19.8 Å². The van der Waals surface area contributed by atoms with Crippen molar-refractivity contribution in [3.05, 3.63) is 0 Å². The predicted octanol–water partition coefficient (Wildman–Crippen LogP) is 2.00. The Morgan fingerprint density at radius 3 is 2.08 bits per heavy atom. The molecule has 2 nitrogen and oxygen atoms in total. The van der Waals surface area contributed by atoms with Gasteiger partial charge in [0.1, 0.15) is 0 Å². The molecule has 0 aliphatic carbocycles. The van der Waals surface area contributed by atoms with Crippen molar-refractivity contribution in [2.75, 3.05) is 33.4 Å². The first-order chi connectivity index (χ1) is 5.66. The van der Waals surface area contributed by atoms with Gasteiger partial charge in [0.05, 0.1) is 13.2 Å². The summed E-state index contributed by atoms with van der Waals surface area (Å²) in [6, 6.07) is 0. The van der Waals surface area contributed by atoms with Crippen LogP contribution >= 0.6 is 0 Å². The summed E-state index contributed by atoms with van der Waals surface area (Å²) in [5, 5.41) is 0. The van der Waals surface area contributed by atoms with E-state index in [0.29, 0.717) is 5.41 Å². The molecule has 1 aliphatic heterocycles. The molecule has 0 spiro atoms. The molecular formula is C10H23NO. The van der Waals surface area contributed by atoms with Crippen LogP contribution in [0.4, 0.5) is 0 Å². The van der Waals surface area contributed by atoms with Crippen LogP contribution in [-0.4, -0.2) is 38.3 Å². The van der Waals surface area contributed by atoms with Crippen LogP contribution in [0.1, 0.15) is 27.7 Å². The van der Waals surface area contributed by atoms with Crippen LogP contribution in [0.2, 0.25) is 0 Å². The molecule has 1 fully saturated rings. The van der Waals surface area contributed by atoms with Gasteiger partial charge in [-0.3, -0.25) is 0 Å². The minimum Gasteiger partial charge on any atom is -0.380 e. The SMILES string of the molecule is CC.CCN(C)CC1(C)COC1. The highest BCUT2D eigenvalue weighted by Crippen LogP contribution is 2.26. The summed E-state index contributed by atoms with van der Waals surface area (Å²) < 4.78 is 5.16. The molecule has 0 amide bonds. The van der Waals surface area contributed by atoms with Gasteiger partial charge in [0, 0.05) is 12.0 Å². The average molecular weight is 173 g/mol. The molecule has 0 bridgehead atoms. The zero-order valence-electron chi connectivity index (χ0n) is 9.18. The first-order valence-corrected chi connectivity index (χ1v) is 4.92. The molecule has 0 aromatic heterocycles. The van der Waals surface area contributed by atoms with Gasteiger partial charge in [0.15, 0.2) is 0 Å². The maximum absolute atomic E-state index is 5.16. The Bertz CT molecular complexity index is 110. The van der Waals surface area contributed by atoms with Gasteiger partial charge in [-0.1, -0.05) is 27.7 Å². The Labute approximate surface area is 76.9 Å². The molecule has 0 atom stereocenters. The van der Waals surface area contributed by atoms with E-state index >= 15 is 0 Å². The molecule has 12 heavy (non-hydrogen) atoms. The quantitative estimate of drug-likeness (QED) is 0.647. The van der Waals surface area contributed by atoms with Crippen molar-refractivity contribution < 1.29 is 4.74 Å². The lowest BCUT2D eigenvalue weighted by molar-refractivity contribution is -0.112. The fraction of sp³-hybridized carbons (Fsp3) is 1.00. The maximum atomic E-state index is 5.16. The molecular weight excluding hydrogens is 150 g/mol. The van der Waals surface area contributed by atoms with Gasteiger partial charge in [-0.2, -0.15) is 0 Å². The standard InChI is InChI=1S/C8H17NO.C2H6/c1-4-9(3)5-8(2)6-10-7-8;1-2/h4-7H2,1-3H3;1-2H3. The molecule has 0 aromatic rings. The van der Waals surface area contributed by atoms with E-state index in [1.165, 1.54) is 6.54 Å². The highest BCUT2D eigenvalue weighted by atomic mass is 16.5. The van der Waals surface area contributed by atoms with Crippen molar-refractivity contribution in [2.45, 2.75) is 27.7 Å². The molecule has 0 unspecified atom stereocenters. The lowest BCUT2D eigenvalue weighted by Crippen LogP contribution is -2.47. The van der Waals surface area contributed by atoms with Gasteiger partial charge >= 0.3 is 0 Å². The lowest BCUT2D eigenvalue weighted by atomic mass is 9.88. The minimum atomic E-state index is 0.449. The van der Waals surface area contributed by atoms with E-state index in [4.69, 9.17) is 4.74 Å². The molecule has 1 saturated heterocycles.